The van der Waals surface area contributed by atoms with Gasteiger partial charge < -0.3 is 10.1 Å². The van der Waals surface area contributed by atoms with Crippen LogP contribution in [0.2, 0.25) is 0 Å². The van der Waals surface area contributed by atoms with Gasteiger partial charge in [0.05, 0.1) is 7.11 Å². The van der Waals surface area contributed by atoms with Gasteiger partial charge in [-0.2, -0.15) is 0 Å². The second-order valence-corrected chi connectivity index (χ2v) is 5.52. The molecule has 3 unspecified atom stereocenters. The lowest BCUT2D eigenvalue weighted by Gasteiger charge is -2.32. The highest BCUT2D eigenvalue weighted by Gasteiger charge is 2.39. The Morgan fingerprint density at radius 1 is 1.47 bits per heavy atom. The van der Waals surface area contributed by atoms with E-state index in [1.165, 1.54) is 26.5 Å². The lowest BCUT2D eigenvalue weighted by molar-refractivity contribution is -0.142. The predicted octanol–water partition coefficient (Wildman–Crippen LogP) is 1.01. The summed E-state index contributed by atoms with van der Waals surface area (Å²) in [6.45, 7) is 6.69. The monoisotopic (exact) mass is 240 g/mol. The SMILES string of the molecule is COC(=O)C1CC(C2CCCN2C(C)C)CN1. The number of methoxy groups -OCH3 is 1. The number of rotatable bonds is 3. The molecule has 3 atom stereocenters. The second-order valence-electron chi connectivity index (χ2n) is 5.52. The van der Waals surface area contributed by atoms with Crippen LogP contribution in [0.5, 0.6) is 0 Å². The largest absolute Gasteiger partial charge is 0.468 e. The van der Waals surface area contributed by atoms with Gasteiger partial charge in [0.1, 0.15) is 6.04 Å². The Kier molecular flexibility index (Phi) is 4.05. The number of hydrogen-bond acceptors (Lipinski definition) is 4. The molecule has 4 nitrogen and oxygen atoms in total. The fourth-order valence-electron chi connectivity index (χ4n) is 3.34. The number of nitrogens with one attached hydrogen (secondary N) is 1. The number of carbonyl (C=O) groups excluding carboxylic acids is 1. The van der Waals surface area contributed by atoms with E-state index in [0.717, 1.165) is 13.0 Å². The topological polar surface area (TPSA) is 41.6 Å². The third-order valence-electron chi connectivity index (χ3n) is 4.20. The summed E-state index contributed by atoms with van der Waals surface area (Å²) in [6, 6.07) is 1.18. The molecule has 17 heavy (non-hydrogen) atoms. The first-order valence-electron chi connectivity index (χ1n) is 6.70. The van der Waals surface area contributed by atoms with Crippen molar-refractivity contribution in [1.29, 1.82) is 0 Å². The molecule has 98 valence electrons. The van der Waals surface area contributed by atoms with E-state index in [4.69, 9.17) is 4.74 Å². The first-order chi connectivity index (χ1) is 8.13. The smallest absolute Gasteiger partial charge is 0.322 e. The van der Waals surface area contributed by atoms with Gasteiger partial charge in [-0.25, -0.2) is 0 Å². The highest BCUT2D eigenvalue weighted by atomic mass is 16.5. The van der Waals surface area contributed by atoms with Crippen molar-refractivity contribution in [3.8, 4) is 0 Å². The summed E-state index contributed by atoms with van der Waals surface area (Å²) >= 11 is 0. The van der Waals surface area contributed by atoms with Crippen molar-refractivity contribution in [2.75, 3.05) is 20.2 Å². The summed E-state index contributed by atoms with van der Waals surface area (Å²) in [6.07, 6.45) is 3.50. The van der Waals surface area contributed by atoms with Crippen LogP contribution >= 0.6 is 0 Å². The van der Waals surface area contributed by atoms with Gasteiger partial charge in [0, 0.05) is 18.6 Å². The van der Waals surface area contributed by atoms with E-state index in [9.17, 15) is 4.79 Å². The molecular formula is C13H24N2O2. The summed E-state index contributed by atoms with van der Waals surface area (Å²) in [5.41, 5.74) is 0. The Labute approximate surface area is 104 Å². The molecule has 2 aliphatic rings. The fraction of sp³-hybridized carbons (Fsp3) is 0.923. The molecule has 0 radical (unpaired) electrons. The molecule has 1 N–H and O–H groups in total. The van der Waals surface area contributed by atoms with Crippen molar-refractivity contribution in [3.05, 3.63) is 0 Å². The van der Waals surface area contributed by atoms with Crippen LogP contribution in [0.3, 0.4) is 0 Å². The molecule has 0 spiro atoms. The maximum Gasteiger partial charge on any atom is 0.322 e. The Bertz CT molecular complexity index is 281. The Hall–Kier alpha value is -0.610. The molecule has 2 rings (SSSR count). The molecule has 0 aromatic rings. The highest BCUT2D eigenvalue weighted by Crippen LogP contribution is 2.31. The van der Waals surface area contributed by atoms with Crippen molar-refractivity contribution in [2.45, 2.75) is 51.2 Å². The molecule has 0 bridgehead atoms. The molecule has 2 saturated heterocycles. The van der Waals surface area contributed by atoms with Crippen molar-refractivity contribution >= 4 is 5.97 Å². The quantitative estimate of drug-likeness (QED) is 0.748. The van der Waals surface area contributed by atoms with Crippen molar-refractivity contribution in [1.82, 2.24) is 10.2 Å². The van der Waals surface area contributed by atoms with Gasteiger partial charge in [-0.1, -0.05) is 0 Å². The van der Waals surface area contributed by atoms with E-state index in [-0.39, 0.29) is 12.0 Å². The van der Waals surface area contributed by atoms with E-state index < -0.39 is 0 Å². The maximum atomic E-state index is 11.5. The van der Waals surface area contributed by atoms with Gasteiger partial charge >= 0.3 is 5.97 Å². The number of likely N-dealkylation sites (tertiary alicyclic amines) is 1. The lowest BCUT2D eigenvalue weighted by Crippen LogP contribution is -2.40. The van der Waals surface area contributed by atoms with E-state index in [1.807, 2.05) is 0 Å². The fourth-order valence-corrected chi connectivity index (χ4v) is 3.34. The van der Waals surface area contributed by atoms with Crippen molar-refractivity contribution < 1.29 is 9.53 Å². The molecule has 0 aromatic heterocycles. The Morgan fingerprint density at radius 2 is 2.24 bits per heavy atom. The van der Waals surface area contributed by atoms with Crippen LogP contribution in [0.25, 0.3) is 0 Å². The number of carbonyl (C=O) groups is 1. The highest BCUT2D eigenvalue weighted by molar-refractivity contribution is 5.76. The number of hydrogen-bond donors (Lipinski definition) is 1. The Morgan fingerprint density at radius 3 is 2.88 bits per heavy atom. The molecule has 2 heterocycles. The first-order valence-corrected chi connectivity index (χ1v) is 6.70. The summed E-state index contributed by atoms with van der Waals surface area (Å²) in [7, 11) is 1.47. The van der Waals surface area contributed by atoms with Crippen LogP contribution in [0.4, 0.5) is 0 Å². The molecule has 2 aliphatic heterocycles. The predicted molar refractivity (Wildman–Crippen MR) is 66.8 cm³/mol. The van der Waals surface area contributed by atoms with Crippen LogP contribution in [0, 0.1) is 5.92 Å². The van der Waals surface area contributed by atoms with Gasteiger partial charge in [0.15, 0.2) is 0 Å². The summed E-state index contributed by atoms with van der Waals surface area (Å²) in [5, 5.41) is 3.29. The van der Waals surface area contributed by atoms with E-state index >= 15 is 0 Å². The number of ether oxygens (including phenoxy) is 1. The van der Waals surface area contributed by atoms with Crippen LogP contribution < -0.4 is 5.32 Å². The van der Waals surface area contributed by atoms with E-state index in [1.54, 1.807) is 0 Å². The maximum absolute atomic E-state index is 11.5. The average molecular weight is 240 g/mol. The molecule has 0 amide bonds. The van der Waals surface area contributed by atoms with Crippen LogP contribution in [-0.2, 0) is 9.53 Å². The summed E-state index contributed by atoms with van der Waals surface area (Å²) < 4.78 is 4.80. The van der Waals surface area contributed by atoms with Gasteiger partial charge in [-0.3, -0.25) is 9.69 Å². The van der Waals surface area contributed by atoms with Crippen LogP contribution in [-0.4, -0.2) is 49.2 Å². The van der Waals surface area contributed by atoms with Crippen LogP contribution in [0.1, 0.15) is 33.1 Å². The number of esters is 1. The molecule has 0 aromatic carbocycles. The minimum atomic E-state index is -0.110. The minimum absolute atomic E-state index is 0.0837. The molecular weight excluding hydrogens is 216 g/mol. The zero-order valence-corrected chi connectivity index (χ0v) is 11.1. The normalized spacial score (nSPS) is 34.5. The average Bonchev–Trinajstić information content (AvgIpc) is 2.95. The lowest BCUT2D eigenvalue weighted by atomic mass is 9.94. The second kappa shape index (κ2) is 5.36. The van der Waals surface area contributed by atoms with Gasteiger partial charge in [-0.15, -0.1) is 0 Å². The molecule has 4 heteroatoms. The molecule has 2 fully saturated rings. The van der Waals surface area contributed by atoms with Gasteiger partial charge in [-0.05, 0) is 45.6 Å². The van der Waals surface area contributed by atoms with Crippen LogP contribution in [0.15, 0.2) is 0 Å². The zero-order chi connectivity index (χ0) is 12.4. The van der Waals surface area contributed by atoms with Gasteiger partial charge in [0.25, 0.3) is 0 Å². The van der Waals surface area contributed by atoms with Crippen molar-refractivity contribution in [3.63, 3.8) is 0 Å². The third-order valence-corrected chi connectivity index (χ3v) is 4.20. The minimum Gasteiger partial charge on any atom is -0.468 e. The summed E-state index contributed by atoms with van der Waals surface area (Å²) in [5.74, 6) is 0.491. The number of nitrogens with zero attached hydrogens (tertiary/aromatic N) is 1. The zero-order valence-electron chi connectivity index (χ0n) is 11.1. The van der Waals surface area contributed by atoms with E-state index in [0.29, 0.717) is 18.0 Å². The van der Waals surface area contributed by atoms with Crippen molar-refractivity contribution in [2.24, 2.45) is 5.92 Å². The molecule has 0 saturated carbocycles. The summed E-state index contributed by atoms with van der Waals surface area (Å²) in [4.78, 5) is 14.1. The standard InChI is InChI=1S/C13H24N2O2/c1-9(2)15-6-4-5-12(15)10-7-11(14-8-10)13(16)17-3/h9-12,14H,4-8H2,1-3H3. The first kappa shape index (κ1) is 12.8. The van der Waals surface area contributed by atoms with Gasteiger partial charge in [0.2, 0.25) is 0 Å². The van der Waals surface area contributed by atoms with E-state index in [2.05, 4.69) is 24.1 Å². The molecule has 0 aliphatic carbocycles. The third kappa shape index (κ3) is 2.63. The Balaban J connectivity index is 1.93.